The van der Waals surface area contributed by atoms with E-state index in [0.717, 1.165) is 4.90 Å². The summed E-state index contributed by atoms with van der Waals surface area (Å²) in [6.07, 6.45) is 3.76. The van der Waals surface area contributed by atoms with Gasteiger partial charge in [-0.1, -0.05) is 89.9 Å². The molecule has 17 N–H and O–H groups in total. The average molecular weight is 1270 g/mol. The molecule has 3 heterocycles. The maximum Gasteiger partial charge on any atom is 0.326 e. The van der Waals surface area contributed by atoms with Crippen LogP contribution in [0.2, 0.25) is 0 Å². The van der Waals surface area contributed by atoms with Gasteiger partial charge in [-0.3, -0.25) is 52.7 Å². The summed E-state index contributed by atoms with van der Waals surface area (Å²) in [5.41, 5.74) is 12.3. The van der Waals surface area contributed by atoms with Crippen molar-refractivity contribution in [3.05, 3.63) is 83.9 Å². The van der Waals surface area contributed by atoms with Gasteiger partial charge in [-0.05, 0) is 73.6 Å². The molecule has 498 valence electrons. The minimum absolute atomic E-state index is 0.00949. The lowest BCUT2D eigenvalue weighted by atomic mass is 9.96. The minimum atomic E-state index is -1.81. The van der Waals surface area contributed by atoms with E-state index in [1.807, 2.05) is 0 Å². The Balaban J connectivity index is 1.33. The number of phenolic OH excluding ortho intramolecular Hbond substituents is 1. The Labute approximate surface area is 526 Å². The summed E-state index contributed by atoms with van der Waals surface area (Å²) in [4.78, 5) is 174. The van der Waals surface area contributed by atoms with E-state index in [2.05, 4.69) is 52.5 Å². The quantitative estimate of drug-likeness (QED) is 0.0282. The Morgan fingerprint density at radius 2 is 1.10 bits per heavy atom. The molecule has 0 radical (unpaired) electrons. The van der Waals surface area contributed by atoms with Gasteiger partial charge in [0.25, 0.3) is 0 Å². The van der Waals surface area contributed by atoms with E-state index in [1.54, 1.807) is 65.0 Å². The fourth-order valence-electron chi connectivity index (χ4n) is 10.7. The topological polar surface area (TPSA) is 469 Å². The number of likely N-dealkylation sites (tertiary alicyclic amines) is 2. The van der Waals surface area contributed by atoms with Crippen LogP contribution in [0.3, 0.4) is 0 Å². The third kappa shape index (κ3) is 21.6. The first-order chi connectivity index (χ1) is 43.3. The normalized spacial score (nSPS) is 17.9. The number of nitrogens with zero attached hydrogens (tertiary/aromatic N) is 3. The van der Waals surface area contributed by atoms with Crippen molar-refractivity contribution in [1.29, 1.82) is 0 Å². The van der Waals surface area contributed by atoms with E-state index in [-0.39, 0.29) is 69.7 Å². The molecule has 2 fully saturated rings. The number of primary amides is 1. The highest BCUT2D eigenvalue weighted by atomic mass is 16.4. The van der Waals surface area contributed by atoms with Crippen molar-refractivity contribution < 1.29 is 78.0 Å². The second-order valence-electron chi connectivity index (χ2n) is 23.4. The van der Waals surface area contributed by atoms with Gasteiger partial charge in [0.15, 0.2) is 0 Å². The van der Waals surface area contributed by atoms with Crippen LogP contribution in [0, 0.1) is 11.8 Å². The van der Waals surface area contributed by atoms with Gasteiger partial charge < -0.3 is 89.2 Å². The number of nitrogens with one attached hydrogen (secondary N) is 9. The number of nitrogens with two attached hydrogens (primary N) is 2. The number of carboxylic acids is 1. The SMILES string of the molecule is CCC[C@H](NC(=O)[C@@H]1CCCN1C(=O)[C@@H](NC(=O)[C@H](N)CC(N)=O)[C@@H](C)CC)C(=O)N[C@@H](CC(C)C)C(=O)N[C@@H](Cc1ccc(O)cc1)C(=O)N[C@H](CO)C(=O)N[C@@H](Cc1ccccc1)C(=O)N[C@H](CO)C(=O)N[C@@H](Cc1c[nH]cn1)C(=O)N1CCC[C@H]1C(=O)O. The van der Waals surface area contributed by atoms with E-state index in [0.29, 0.717) is 42.5 Å². The first kappa shape index (κ1) is 72.7. The van der Waals surface area contributed by atoms with Crippen molar-refractivity contribution in [2.24, 2.45) is 23.3 Å². The lowest BCUT2D eigenvalue weighted by Gasteiger charge is -2.32. The summed E-state index contributed by atoms with van der Waals surface area (Å²) in [5, 5.41) is 61.7. The number of rotatable bonds is 35. The number of benzene rings is 2. The molecule has 5 rings (SSSR count). The smallest absolute Gasteiger partial charge is 0.326 e. The molecule has 2 aliphatic heterocycles. The summed E-state index contributed by atoms with van der Waals surface area (Å²) >= 11 is 0. The first-order valence-corrected chi connectivity index (χ1v) is 30.6. The van der Waals surface area contributed by atoms with Crippen molar-refractivity contribution in [1.82, 2.24) is 62.3 Å². The number of carboxylic acid groups (broad SMARTS) is 1. The van der Waals surface area contributed by atoms with E-state index >= 15 is 0 Å². The standard InChI is InChI=1S/C61H88N14O16/c1-6-13-40(66-58(87)47-16-11-22-74(47)60(89)50(34(5)7-2)73-51(80)39(62)28-49(63)79)52(81)67-41(24-33(3)4)53(82)68-43(26-36-18-20-38(78)21-19-36)55(84)71-45(30-76)56(85)69-42(25-35-14-9-8-10-15-35)54(83)72-46(31-77)57(86)70-44(27-37-29-64-32-65-37)59(88)75-23-12-17-48(75)61(90)91/h8-10,14-15,18-21,29,32-34,39-48,50,76-78H,6-7,11-13,16-17,22-28,30-31,62H2,1-5H3,(H2,63,79)(H,64,65)(H,66,87)(H,67,81)(H,68,82)(H,69,85)(H,70,86)(H,71,84)(H,72,83)(H,73,80)(H,90,91)/t34-,39+,40-,41-,42-,43-,44-,45+,46+,47-,48-,50-/m0/s1. The predicted molar refractivity (Wildman–Crippen MR) is 327 cm³/mol. The van der Waals surface area contributed by atoms with Crippen LogP contribution in [0.5, 0.6) is 5.75 Å². The van der Waals surface area contributed by atoms with Crippen LogP contribution in [0.1, 0.15) is 109 Å². The number of amides is 11. The number of carbonyl (C=O) groups excluding carboxylic acids is 11. The molecule has 0 aliphatic carbocycles. The van der Waals surface area contributed by atoms with Gasteiger partial charge in [-0.2, -0.15) is 0 Å². The van der Waals surface area contributed by atoms with Gasteiger partial charge in [0, 0.05) is 38.5 Å². The summed E-state index contributed by atoms with van der Waals surface area (Å²) in [6, 6.07) is -1.43. The minimum Gasteiger partial charge on any atom is -0.508 e. The van der Waals surface area contributed by atoms with Crippen LogP contribution < -0.4 is 54.0 Å². The Morgan fingerprint density at radius 3 is 1.60 bits per heavy atom. The van der Waals surface area contributed by atoms with Gasteiger partial charge in [-0.15, -0.1) is 0 Å². The molecular weight excluding hydrogens is 1180 g/mol. The number of H-pyrrole nitrogens is 1. The fourth-order valence-corrected chi connectivity index (χ4v) is 10.7. The zero-order valence-corrected chi connectivity index (χ0v) is 51.9. The molecule has 11 amide bonds. The molecule has 1 aromatic heterocycles. The van der Waals surface area contributed by atoms with Crippen molar-refractivity contribution in [2.75, 3.05) is 26.3 Å². The Morgan fingerprint density at radius 1 is 0.604 bits per heavy atom. The van der Waals surface area contributed by atoms with E-state index in [1.165, 1.54) is 41.7 Å². The molecule has 30 nitrogen and oxygen atoms in total. The molecule has 0 unspecified atom stereocenters. The molecule has 0 saturated carbocycles. The number of aromatic hydroxyl groups is 1. The molecule has 2 aromatic carbocycles. The number of aliphatic carboxylic acids is 1. The van der Waals surface area contributed by atoms with Crippen LogP contribution >= 0.6 is 0 Å². The molecule has 91 heavy (non-hydrogen) atoms. The van der Waals surface area contributed by atoms with Crippen LogP contribution in [-0.4, -0.2) is 204 Å². The molecule has 2 saturated heterocycles. The van der Waals surface area contributed by atoms with Crippen molar-refractivity contribution in [3.8, 4) is 5.75 Å². The maximum atomic E-state index is 14.5. The highest BCUT2D eigenvalue weighted by molar-refractivity contribution is 5.99. The summed E-state index contributed by atoms with van der Waals surface area (Å²) in [7, 11) is 0. The number of imidazole rings is 1. The average Bonchev–Trinajstić information content (AvgIpc) is 1.93. The Hall–Kier alpha value is -9.03. The molecule has 2 aliphatic rings. The maximum absolute atomic E-state index is 14.5. The number of aliphatic hydroxyl groups excluding tert-OH is 2. The number of aromatic amines is 1. The van der Waals surface area contributed by atoms with Gasteiger partial charge in [-0.25, -0.2) is 9.78 Å². The van der Waals surface area contributed by atoms with Crippen LogP contribution in [0.4, 0.5) is 0 Å². The van der Waals surface area contributed by atoms with E-state index < -0.39 is 163 Å². The number of phenols is 1. The van der Waals surface area contributed by atoms with Crippen LogP contribution in [0.25, 0.3) is 0 Å². The van der Waals surface area contributed by atoms with Crippen molar-refractivity contribution in [2.45, 2.75) is 178 Å². The molecule has 0 bridgehead atoms. The Kier molecular flexibility index (Phi) is 28.3. The lowest BCUT2D eigenvalue weighted by molar-refractivity contribution is -0.149. The third-order valence-corrected chi connectivity index (χ3v) is 15.9. The molecule has 0 spiro atoms. The molecule has 12 atom stereocenters. The summed E-state index contributed by atoms with van der Waals surface area (Å²) in [6.45, 7) is 7.02. The van der Waals surface area contributed by atoms with Crippen molar-refractivity contribution in [3.63, 3.8) is 0 Å². The van der Waals surface area contributed by atoms with Gasteiger partial charge in [0.05, 0.1) is 37.7 Å². The zero-order chi connectivity index (χ0) is 67.1. The number of aromatic nitrogens is 2. The molecule has 30 heteroatoms. The Bertz CT molecular complexity index is 2990. The first-order valence-electron chi connectivity index (χ1n) is 30.6. The highest BCUT2D eigenvalue weighted by Crippen LogP contribution is 2.24. The fraction of sp³-hybridized carbons (Fsp3) is 0.557. The van der Waals surface area contributed by atoms with Crippen LogP contribution in [0.15, 0.2) is 67.1 Å². The monoisotopic (exact) mass is 1270 g/mol. The second-order valence-corrected chi connectivity index (χ2v) is 23.4. The third-order valence-electron chi connectivity index (χ3n) is 15.9. The number of aliphatic hydroxyl groups is 2. The second kappa shape index (κ2) is 35.4. The number of carbonyl (C=O) groups is 12. The highest BCUT2D eigenvalue weighted by Gasteiger charge is 2.43. The summed E-state index contributed by atoms with van der Waals surface area (Å²) < 4.78 is 0. The zero-order valence-electron chi connectivity index (χ0n) is 51.9. The largest absolute Gasteiger partial charge is 0.508 e. The number of hydrogen-bond donors (Lipinski definition) is 15. The lowest BCUT2D eigenvalue weighted by Crippen LogP contribution is -2.62. The molecular formula is C61H88N14O16. The van der Waals surface area contributed by atoms with Gasteiger partial charge in [0.1, 0.15) is 66.2 Å². The van der Waals surface area contributed by atoms with Crippen LogP contribution in [-0.2, 0) is 76.8 Å². The van der Waals surface area contributed by atoms with E-state index in [4.69, 9.17) is 11.5 Å². The van der Waals surface area contributed by atoms with Gasteiger partial charge in [0.2, 0.25) is 65.0 Å². The summed E-state index contributed by atoms with van der Waals surface area (Å²) in [5.74, 6) is -11.4. The molecule has 3 aromatic rings. The van der Waals surface area contributed by atoms with Crippen molar-refractivity contribution >= 4 is 70.9 Å². The number of hydrogen-bond acceptors (Lipinski definition) is 17. The van der Waals surface area contributed by atoms with Gasteiger partial charge >= 0.3 is 5.97 Å². The predicted octanol–water partition coefficient (Wildman–Crippen LogP) is -2.83. The van der Waals surface area contributed by atoms with E-state index in [9.17, 15) is 78.0 Å².